The molecule has 0 radical (unpaired) electrons. The summed E-state index contributed by atoms with van der Waals surface area (Å²) in [5, 5.41) is 58.6. The fourth-order valence-electron chi connectivity index (χ4n) is 10.1. The maximum absolute atomic E-state index is 13.3. The van der Waals surface area contributed by atoms with Crippen LogP contribution in [-0.4, -0.2) is 203 Å². The first-order chi connectivity index (χ1) is 30.6. The van der Waals surface area contributed by atoms with Crippen molar-refractivity contribution in [1.29, 1.82) is 0 Å². The molecule has 4 saturated heterocycles. The highest BCUT2D eigenvalue weighted by Crippen LogP contribution is 2.39. The van der Waals surface area contributed by atoms with Crippen LogP contribution < -0.4 is 5.32 Å². The molecule has 0 spiro atoms. The summed E-state index contributed by atoms with van der Waals surface area (Å²) >= 11 is 1.47. The van der Waals surface area contributed by atoms with Crippen molar-refractivity contribution >= 4 is 23.7 Å². The van der Waals surface area contributed by atoms with Gasteiger partial charge in [-0.3, -0.25) is 14.9 Å². The second kappa shape index (κ2) is 24.2. The predicted molar refractivity (Wildman–Crippen MR) is 242 cm³/mol. The zero-order valence-corrected chi connectivity index (χ0v) is 41.0. The van der Waals surface area contributed by atoms with Gasteiger partial charge in [0.15, 0.2) is 18.9 Å². The molecule has 0 amide bonds. The molecule has 18 nitrogen and oxygen atoms in total. The third-order valence-electron chi connectivity index (χ3n) is 13.6. The van der Waals surface area contributed by atoms with E-state index in [4.69, 9.17) is 37.9 Å². The Morgan fingerprint density at radius 1 is 0.908 bits per heavy atom. The number of thioether (sulfide) groups is 1. The van der Waals surface area contributed by atoms with Gasteiger partial charge in [-0.05, 0) is 100 Å². The Balaban J connectivity index is 1.51. The number of methoxy groups -OCH3 is 1. The standard InChI is InChI=1S/C46H79N3O15S/c1-24-19-29(20-34-47-30(23-65-34)44(54)55)41(64-45-39(52)38(49(9)10)40(27(4)61-45)63-37-22-46(6,56)43(53)28(5)60-37)42(57-11)32(50)21-35(51)58-25(2)15-13-12-14-16-33(24)62-36-18-17-31(48(7)8)26(3)59-36/h12-14,16,24-34,36-43,45,47,50,52-53,56H,15,17-23H2,1-11H3,(H,54,55)/b13-12+,16-14+/t24-,25-,26-,27-,28+,29-,30+,31+,32-,33+,34?,36+,37+,38-,39-,40-,41+,42?,43+,45+,46-/m1/s1. The van der Waals surface area contributed by atoms with Crippen molar-refractivity contribution in [3.63, 3.8) is 0 Å². The molecule has 5 aliphatic rings. The molecule has 4 fully saturated rings. The molecule has 5 aliphatic heterocycles. The van der Waals surface area contributed by atoms with Gasteiger partial charge in [0.2, 0.25) is 0 Å². The van der Waals surface area contributed by atoms with Crippen LogP contribution in [0.2, 0.25) is 0 Å². The van der Waals surface area contributed by atoms with Crippen LogP contribution in [-0.2, 0) is 47.5 Å². The lowest BCUT2D eigenvalue weighted by atomic mass is 9.82. The zero-order chi connectivity index (χ0) is 47.9. The Kier molecular flexibility index (Phi) is 20.1. The highest BCUT2D eigenvalue weighted by molar-refractivity contribution is 8.00. The SMILES string of the molecule is COC1[C@H](O)CC(=O)O[C@H](C)C/C=C/C=C/[C@H](O[C@H]2CC[C@H](N(C)C)[C@@H](C)O2)[C@H](C)C[C@H](CC2N[C@H](C(=O)O)CS2)[C@@H]1O[C@@H]1O[C@H](C)[C@@H](O[C@H]2C[C@@](C)(O)[C@@H](O)[C@H](C)O2)[C@H](N(C)C)[C@H]1O. The van der Waals surface area contributed by atoms with Crippen LogP contribution in [0.4, 0.5) is 0 Å². The van der Waals surface area contributed by atoms with Gasteiger partial charge < -0.3 is 73.2 Å². The maximum atomic E-state index is 13.3. The number of carbonyl (C=O) groups excluding carboxylic acids is 1. The van der Waals surface area contributed by atoms with E-state index in [0.717, 1.165) is 6.42 Å². The quantitative estimate of drug-likeness (QED) is 0.154. The van der Waals surface area contributed by atoms with Gasteiger partial charge >= 0.3 is 11.9 Å². The third-order valence-corrected chi connectivity index (χ3v) is 14.9. The number of likely N-dealkylation sites (N-methyl/N-ethyl adjacent to an activating group) is 2. The molecule has 0 saturated carbocycles. The van der Waals surface area contributed by atoms with Gasteiger partial charge in [-0.1, -0.05) is 31.2 Å². The lowest BCUT2D eigenvalue weighted by Gasteiger charge is -2.50. The van der Waals surface area contributed by atoms with Gasteiger partial charge in [0.05, 0.1) is 60.1 Å². The number of hydrogen-bond acceptors (Lipinski definition) is 18. The molecule has 65 heavy (non-hydrogen) atoms. The second-order valence-corrected chi connectivity index (χ2v) is 20.8. The van der Waals surface area contributed by atoms with Gasteiger partial charge in [0.25, 0.3) is 0 Å². The molecule has 0 aliphatic carbocycles. The van der Waals surface area contributed by atoms with E-state index in [1.54, 1.807) is 39.8 Å². The summed E-state index contributed by atoms with van der Waals surface area (Å²) in [6.45, 7) is 10.9. The number of carboxylic acid groups (broad SMARTS) is 1. The number of ether oxygens (including phenoxy) is 8. The first kappa shape index (κ1) is 54.2. The lowest BCUT2D eigenvalue weighted by Crippen LogP contribution is -2.65. The smallest absolute Gasteiger partial charge is 0.321 e. The topological polar surface area (TPSA) is 228 Å². The minimum Gasteiger partial charge on any atom is -0.480 e. The lowest BCUT2D eigenvalue weighted by molar-refractivity contribution is -0.344. The van der Waals surface area contributed by atoms with Crippen molar-refractivity contribution in [2.45, 2.75) is 202 Å². The Hall–Kier alpha value is -1.79. The monoisotopic (exact) mass is 946 g/mol. The molecule has 21 atom stereocenters. The molecule has 0 aromatic heterocycles. The minimum absolute atomic E-state index is 0.0247. The van der Waals surface area contributed by atoms with Crippen LogP contribution in [0.25, 0.3) is 0 Å². The van der Waals surface area contributed by atoms with E-state index >= 15 is 0 Å². The largest absolute Gasteiger partial charge is 0.480 e. The Labute approximate surface area is 389 Å². The highest BCUT2D eigenvalue weighted by atomic mass is 32.2. The van der Waals surface area contributed by atoms with E-state index in [9.17, 15) is 35.1 Å². The summed E-state index contributed by atoms with van der Waals surface area (Å²) in [7, 11) is 9.09. The van der Waals surface area contributed by atoms with Gasteiger partial charge in [0, 0.05) is 31.7 Å². The third kappa shape index (κ3) is 14.4. The summed E-state index contributed by atoms with van der Waals surface area (Å²) in [6, 6.07) is -1.27. The number of esters is 1. The molecule has 5 rings (SSSR count). The van der Waals surface area contributed by atoms with E-state index in [1.807, 2.05) is 38.4 Å². The van der Waals surface area contributed by atoms with E-state index in [2.05, 4.69) is 24.1 Å². The summed E-state index contributed by atoms with van der Waals surface area (Å²) in [5.41, 5.74) is -1.49. The number of carbonyl (C=O) groups is 2. The fraction of sp³-hybridized carbons (Fsp3) is 0.870. The number of aliphatic hydroxyl groups excluding tert-OH is 3. The fourth-order valence-corrected chi connectivity index (χ4v) is 11.4. The number of hydrogen-bond donors (Lipinski definition) is 6. The minimum atomic E-state index is -1.49. The average molecular weight is 946 g/mol. The maximum Gasteiger partial charge on any atom is 0.321 e. The van der Waals surface area contributed by atoms with Crippen LogP contribution in [0.1, 0.15) is 86.5 Å². The zero-order valence-electron chi connectivity index (χ0n) is 40.1. The normalized spacial score (nSPS) is 46.2. The second-order valence-electron chi connectivity index (χ2n) is 19.5. The van der Waals surface area contributed by atoms with Crippen molar-refractivity contribution in [3.8, 4) is 0 Å². The van der Waals surface area contributed by atoms with E-state index in [-0.39, 0.29) is 29.9 Å². The van der Waals surface area contributed by atoms with E-state index < -0.39 is 122 Å². The van der Waals surface area contributed by atoms with Crippen molar-refractivity contribution < 1.29 is 73.0 Å². The van der Waals surface area contributed by atoms with E-state index in [0.29, 0.717) is 31.4 Å². The number of nitrogens with one attached hydrogen (secondary N) is 1. The van der Waals surface area contributed by atoms with Crippen molar-refractivity contribution in [2.75, 3.05) is 41.1 Å². The van der Waals surface area contributed by atoms with Crippen LogP contribution in [0.5, 0.6) is 0 Å². The number of nitrogens with zero attached hydrogens (tertiary/aromatic N) is 2. The summed E-state index contributed by atoms with van der Waals surface area (Å²) in [5.74, 6) is -1.99. The molecule has 2 unspecified atom stereocenters. The van der Waals surface area contributed by atoms with Crippen LogP contribution >= 0.6 is 11.8 Å². The number of carboxylic acids is 1. The van der Waals surface area contributed by atoms with Crippen molar-refractivity contribution in [3.05, 3.63) is 24.3 Å². The molecule has 19 heteroatoms. The molecule has 0 bridgehead atoms. The molecule has 374 valence electrons. The molecule has 6 N–H and O–H groups in total. The molecule has 0 aromatic rings. The van der Waals surface area contributed by atoms with Crippen LogP contribution in [0.3, 0.4) is 0 Å². The van der Waals surface area contributed by atoms with Gasteiger partial charge in [-0.15, -0.1) is 11.8 Å². The van der Waals surface area contributed by atoms with Crippen LogP contribution in [0, 0.1) is 11.8 Å². The number of aliphatic carboxylic acids is 1. The average Bonchev–Trinajstić information content (AvgIpc) is 3.69. The van der Waals surface area contributed by atoms with Gasteiger partial charge in [-0.25, -0.2) is 0 Å². The van der Waals surface area contributed by atoms with Crippen molar-refractivity contribution in [2.24, 2.45) is 11.8 Å². The first-order valence-electron chi connectivity index (χ1n) is 23.3. The Morgan fingerprint density at radius 2 is 1.62 bits per heavy atom. The summed E-state index contributed by atoms with van der Waals surface area (Å²) in [4.78, 5) is 29.4. The number of aliphatic hydroxyl groups is 4. The van der Waals surface area contributed by atoms with Crippen molar-refractivity contribution in [1.82, 2.24) is 15.1 Å². The molecular formula is C46H79N3O15S. The highest BCUT2D eigenvalue weighted by Gasteiger charge is 2.52. The number of rotatable bonds is 12. The summed E-state index contributed by atoms with van der Waals surface area (Å²) < 4.78 is 50.9. The first-order valence-corrected chi connectivity index (χ1v) is 24.3. The van der Waals surface area contributed by atoms with Crippen LogP contribution in [0.15, 0.2) is 24.3 Å². The molecule has 0 aromatic carbocycles. The Bertz CT molecular complexity index is 1570. The van der Waals surface area contributed by atoms with E-state index in [1.165, 1.54) is 25.8 Å². The predicted octanol–water partition coefficient (Wildman–Crippen LogP) is 2.24. The number of allylic oxidation sites excluding steroid dienone is 2. The van der Waals surface area contributed by atoms with Gasteiger partial charge in [0.1, 0.15) is 36.6 Å². The molecule has 5 heterocycles. The Morgan fingerprint density at radius 3 is 2.23 bits per heavy atom. The molecular weight excluding hydrogens is 867 g/mol. The van der Waals surface area contributed by atoms with Gasteiger partial charge in [-0.2, -0.15) is 0 Å². The number of cyclic esters (lactones) is 1. The summed E-state index contributed by atoms with van der Waals surface area (Å²) in [6.07, 6.45) is -2.05.